The zero-order valence-electron chi connectivity index (χ0n) is 15.0. The smallest absolute Gasteiger partial charge is 0.220 e. The third-order valence-electron chi connectivity index (χ3n) is 5.28. The molecular formula is C20H30N2O2. The predicted octanol–water partition coefficient (Wildman–Crippen LogP) is 2.72. The lowest BCUT2D eigenvalue weighted by Gasteiger charge is -2.35. The molecule has 2 heterocycles. The van der Waals surface area contributed by atoms with Crippen LogP contribution in [0, 0.1) is 0 Å². The second-order valence-corrected chi connectivity index (χ2v) is 7.45. The zero-order valence-corrected chi connectivity index (χ0v) is 15.0. The maximum Gasteiger partial charge on any atom is 0.220 e. The Bertz CT molecular complexity index is 541. The summed E-state index contributed by atoms with van der Waals surface area (Å²) in [4.78, 5) is 14.6. The molecule has 0 spiro atoms. The molecule has 0 saturated carbocycles. The standard InChI is InChI=1S/C20H30N2O2/c1-15(2)17-8-5-16(6-9-17)7-10-20(23)21-12-19-13-22-11-3-4-18(22)14-24-19/h5-6,8-9,15,18-19H,3-4,7,10-14H2,1-2H3,(H,21,23)/t18-,19-/m0/s1. The van der Waals surface area contributed by atoms with Gasteiger partial charge >= 0.3 is 0 Å². The molecule has 0 aromatic heterocycles. The number of nitrogens with one attached hydrogen (secondary N) is 1. The first kappa shape index (κ1) is 17.4. The van der Waals surface area contributed by atoms with Crippen molar-refractivity contribution in [3.8, 4) is 0 Å². The second kappa shape index (κ2) is 8.13. The Morgan fingerprint density at radius 2 is 2.12 bits per heavy atom. The molecule has 0 aliphatic carbocycles. The van der Waals surface area contributed by atoms with Gasteiger partial charge in [-0.1, -0.05) is 38.1 Å². The Kier molecular flexibility index (Phi) is 5.90. The highest BCUT2D eigenvalue weighted by Gasteiger charge is 2.32. The fraction of sp³-hybridized carbons (Fsp3) is 0.650. The molecule has 2 saturated heterocycles. The highest BCUT2D eigenvalue weighted by atomic mass is 16.5. The third kappa shape index (κ3) is 4.58. The van der Waals surface area contributed by atoms with Gasteiger partial charge < -0.3 is 10.1 Å². The topological polar surface area (TPSA) is 41.6 Å². The number of nitrogens with zero attached hydrogens (tertiary/aromatic N) is 1. The summed E-state index contributed by atoms with van der Waals surface area (Å²) in [6.45, 7) is 7.99. The molecule has 0 unspecified atom stereocenters. The molecule has 0 bridgehead atoms. The van der Waals surface area contributed by atoms with Crippen LogP contribution < -0.4 is 5.32 Å². The SMILES string of the molecule is CC(C)c1ccc(CCC(=O)NC[C@H]2CN3CCC[C@H]3CO2)cc1. The van der Waals surface area contributed by atoms with Crippen LogP contribution in [0.1, 0.15) is 50.2 Å². The van der Waals surface area contributed by atoms with Crippen LogP contribution in [0.4, 0.5) is 0 Å². The number of carbonyl (C=O) groups is 1. The van der Waals surface area contributed by atoms with Crippen LogP contribution in [0.25, 0.3) is 0 Å². The normalized spacial score (nSPS) is 24.1. The molecule has 1 aromatic carbocycles. The number of hydrogen-bond donors (Lipinski definition) is 1. The lowest BCUT2D eigenvalue weighted by Crippen LogP contribution is -2.50. The summed E-state index contributed by atoms with van der Waals surface area (Å²) in [5.41, 5.74) is 2.57. The fourth-order valence-electron chi connectivity index (χ4n) is 3.65. The lowest BCUT2D eigenvalue weighted by atomic mass is 10.0. The van der Waals surface area contributed by atoms with Crippen LogP contribution in [0.3, 0.4) is 0 Å². The van der Waals surface area contributed by atoms with E-state index in [2.05, 4.69) is 48.3 Å². The van der Waals surface area contributed by atoms with Gasteiger partial charge in [-0.05, 0) is 42.9 Å². The van der Waals surface area contributed by atoms with Gasteiger partial charge in [-0.3, -0.25) is 9.69 Å². The third-order valence-corrected chi connectivity index (χ3v) is 5.28. The number of morpholine rings is 1. The van der Waals surface area contributed by atoms with Crippen LogP contribution >= 0.6 is 0 Å². The van der Waals surface area contributed by atoms with Crippen molar-refractivity contribution < 1.29 is 9.53 Å². The maximum atomic E-state index is 12.1. The molecule has 2 aliphatic heterocycles. The van der Waals surface area contributed by atoms with Crippen LogP contribution in [0.15, 0.2) is 24.3 Å². The van der Waals surface area contributed by atoms with Gasteiger partial charge in [-0.25, -0.2) is 0 Å². The molecule has 1 amide bonds. The Balaban J connectivity index is 1.36. The van der Waals surface area contributed by atoms with Crippen molar-refractivity contribution in [3.05, 3.63) is 35.4 Å². The van der Waals surface area contributed by atoms with Crippen molar-refractivity contribution in [2.24, 2.45) is 0 Å². The van der Waals surface area contributed by atoms with Gasteiger partial charge in [0.25, 0.3) is 0 Å². The van der Waals surface area contributed by atoms with Gasteiger partial charge in [-0.15, -0.1) is 0 Å². The molecular weight excluding hydrogens is 300 g/mol. The second-order valence-electron chi connectivity index (χ2n) is 7.45. The number of rotatable bonds is 6. The van der Waals surface area contributed by atoms with E-state index >= 15 is 0 Å². The van der Waals surface area contributed by atoms with Crippen molar-refractivity contribution in [1.29, 1.82) is 0 Å². The molecule has 3 rings (SSSR count). The van der Waals surface area contributed by atoms with Crippen LogP contribution in [-0.4, -0.2) is 49.2 Å². The Hall–Kier alpha value is -1.39. The fourth-order valence-corrected chi connectivity index (χ4v) is 3.65. The molecule has 4 heteroatoms. The number of hydrogen-bond acceptors (Lipinski definition) is 3. The number of carbonyl (C=O) groups excluding carboxylic acids is 1. The van der Waals surface area contributed by atoms with Gasteiger partial charge in [0.2, 0.25) is 5.91 Å². The largest absolute Gasteiger partial charge is 0.373 e. The number of amides is 1. The number of fused-ring (bicyclic) bond motifs is 1. The van der Waals surface area contributed by atoms with E-state index in [9.17, 15) is 4.79 Å². The minimum atomic E-state index is 0.120. The van der Waals surface area contributed by atoms with E-state index in [0.717, 1.165) is 19.6 Å². The summed E-state index contributed by atoms with van der Waals surface area (Å²) < 4.78 is 5.88. The first-order valence-electron chi connectivity index (χ1n) is 9.33. The van der Waals surface area contributed by atoms with Gasteiger partial charge in [-0.2, -0.15) is 0 Å². The first-order valence-corrected chi connectivity index (χ1v) is 9.33. The van der Waals surface area contributed by atoms with Gasteiger partial charge in [0.1, 0.15) is 0 Å². The van der Waals surface area contributed by atoms with Crippen LogP contribution in [0.2, 0.25) is 0 Å². The molecule has 1 aromatic rings. The van der Waals surface area contributed by atoms with Crippen molar-refractivity contribution in [3.63, 3.8) is 0 Å². The summed E-state index contributed by atoms with van der Waals surface area (Å²) in [7, 11) is 0. The summed E-state index contributed by atoms with van der Waals surface area (Å²) in [6, 6.07) is 9.23. The molecule has 4 nitrogen and oxygen atoms in total. The number of benzene rings is 1. The maximum absolute atomic E-state index is 12.1. The van der Waals surface area contributed by atoms with E-state index in [4.69, 9.17) is 4.74 Å². The van der Waals surface area contributed by atoms with Crippen molar-refractivity contribution in [2.45, 2.75) is 57.6 Å². The van der Waals surface area contributed by atoms with E-state index in [1.165, 1.54) is 30.5 Å². The van der Waals surface area contributed by atoms with Crippen molar-refractivity contribution in [1.82, 2.24) is 10.2 Å². The number of ether oxygens (including phenoxy) is 1. The summed E-state index contributed by atoms with van der Waals surface area (Å²) >= 11 is 0. The Morgan fingerprint density at radius 1 is 1.33 bits per heavy atom. The highest BCUT2D eigenvalue weighted by Crippen LogP contribution is 2.22. The van der Waals surface area contributed by atoms with Crippen molar-refractivity contribution in [2.75, 3.05) is 26.2 Å². The van der Waals surface area contributed by atoms with Gasteiger partial charge in [0.15, 0.2) is 0 Å². The van der Waals surface area contributed by atoms with Crippen LogP contribution in [-0.2, 0) is 16.0 Å². The van der Waals surface area contributed by atoms with Gasteiger partial charge in [0.05, 0.1) is 12.7 Å². The average Bonchev–Trinajstić information content (AvgIpc) is 3.06. The quantitative estimate of drug-likeness (QED) is 0.872. The summed E-state index contributed by atoms with van der Waals surface area (Å²) in [5, 5.41) is 3.04. The summed E-state index contributed by atoms with van der Waals surface area (Å²) in [6.07, 6.45) is 4.02. The Labute approximate surface area is 145 Å². The monoisotopic (exact) mass is 330 g/mol. The molecule has 1 N–H and O–H groups in total. The predicted molar refractivity (Wildman–Crippen MR) is 96.2 cm³/mol. The molecule has 0 radical (unpaired) electrons. The average molecular weight is 330 g/mol. The number of aryl methyl sites for hydroxylation is 1. The molecule has 24 heavy (non-hydrogen) atoms. The molecule has 132 valence electrons. The molecule has 2 fully saturated rings. The molecule has 2 aliphatic rings. The van der Waals surface area contributed by atoms with Gasteiger partial charge in [0, 0.05) is 25.6 Å². The Morgan fingerprint density at radius 3 is 2.88 bits per heavy atom. The molecule has 2 atom stereocenters. The minimum absolute atomic E-state index is 0.120. The lowest BCUT2D eigenvalue weighted by molar-refractivity contribution is -0.122. The van der Waals surface area contributed by atoms with E-state index in [1.807, 2.05) is 0 Å². The van der Waals surface area contributed by atoms with E-state index in [0.29, 0.717) is 24.9 Å². The minimum Gasteiger partial charge on any atom is -0.373 e. The van der Waals surface area contributed by atoms with E-state index in [1.54, 1.807) is 0 Å². The van der Waals surface area contributed by atoms with E-state index in [-0.39, 0.29) is 12.0 Å². The first-order chi connectivity index (χ1) is 11.6. The van der Waals surface area contributed by atoms with E-state index < -0.39 is 0 Å². The summed E-state index contributed by atoms with van der Waals surface area (Å²) in [5.74, 6) is 0.670. The zero-order chi connectivity index (χ0) is 16.9. The van der Waals surface area contributed by atoms with Crippen molar-refractivity contribution >= 4 is 5.91 Å². The van der Waals surface area contributed by atoms with Crippen LogP contribution in [0.5, 0.6) is 0 Å². The highest BCUT2D eigenvalue weighted by molar-refractivity contribution is 5.76.